The number of nitrogens with one attached hydrogen (secondary N) is 1. The highest BCUT2D eigenvalue weighted by atomic mass is 16.5. The molecule has 122 valence electrons. The molecule has 0 amide bonds. The number of aromatic nitrogens is 3. The van der Waals surface area contributed by atoms with E-state index in [4.69, 9.17) is 4.74 Å². The topological polar surface area (TPSA) is 63.2 Å². The van der Waals surface area contributed by atoms with Crippen molar-refractivity contribution < 1.29 is 4.74 Å². The highest BCUT2D eigenvalue weighted by molar-refractivity contribution is 5.48. The average Bonchev–Trinajstić information content (AvgIpc) is 2.62. The summed E-state index contributed by atoms with van der Waals surface area (Å²) in [6, 6.07) is 6.43. The monoisotopic (exact) mass is 313 g/mol. The van der Waals surface area contributed by atoms with E-state index in [9.17, 15) is 0 Å². The van der Waals surface area contributed by atoms with Crippen molar-refractivity contribution in [1.82, 2.24) is 15.0 Å². The molecule has 1 aliphatic rings. The van der Waals surface area contributed by atoms with Crippen molar-refractivity contribution in [3.05, 3.63) is 42.5 Å². The predicted molar refractivity (Wildman–Crippen MR) is 90.7 cm³/mol. The third-order valence-electron chi connectivity index (χ3n) is 4.04. The van der Waals surface area contributed by atoms with Crippen LogP contribution in [0.15, 0.2) is 36.9 Å². The Morgan fingerprint density at radius 3 is 2.96 bits per heavy atom. The van der Waals surface area contributed by atoms with Crippen molar-refractivity contribution in [2.75, 3.05) is 37.0 Å². The van der Waals surface area contributed by atoms with Crippen LogP contribution in [-0.4, -0.2) is 47.8 Å². The third-order valence-corrected chi connectivity index (χ3v) is 4.04. The number of ether oxygens (including phenoxy) is 1. The number of rotatable bonds is 6. The zero-order chi connectivity index (χ0) is 15.9. The van der Waals surface area contributed by atoms with Crippen LogP contribution >= 0.6 is 0 Å². The first-order valence-corrected chi connectivity index (χ1v) is 8.07. The van der Waals surface area contributed by atoms with Gasteiger partial charge in [0.15, 0.2) is 0 Å². The van der Waals surface area contributed by atoms with Gasteiger partial charge in [0.05, 0.1) is 12.6 Å². The fourth-order valence-electron chi connectivity index (χ4n) is 2.66. The number of anilines is 2. The van der Waals surface area contributed by atoms with Crippen molar-refractivity contribution in [3.63, 3.8) is 0 Å². The molecule has 1 saturated heterocycles. The van der Waals surface area contributed by atoms with Gasteiger partial charge in [-0.25, -0.2) is 9.97 Å². The Hall–Kier alpha value is -2.21. The van der Waals surface area contributed by atoms with Crippen LogP contribution in [0.2, 0.25) is 0 Å². The molecule has 0 spiro atoms. The van der Waals surface area contributed by atoms with Crippen molar-refractivity contribution in [2.45, 2.75) is 25.3 Å². The summed E-state index contributed by atoms with van der Waals surface area (Å²) in [7, 11) is 2.05. The molecule has 2 aromatic rings. The normalized spacial score (nSPS) is 17.7. The molecular weight excluding hydrogens is 290 g/mol. The minimum Gasteiger partial charge on any atom is -0.379 e. The van der Waals surface area contributed by atoms with Crippen LogP contribution in [0.3, 0.4) is 0 Å². The molecule has 3 rings (SSSR count). The standard InChI is InChI=1S/C17H23N5O/c1-22(9-6-14-4-7-18-8-5-14)17-11-16(19-13-20-17)21-15-3-2-10-23-12-15/h4-5,7-8,11,13,15H,2-3,6,9-10,12H2,1H3,(H,19,20,21). The van der Waals surface area contributed by atoms with E-state index in [0.29, 0.717) is 6.04 Å². The van der Waals surface area contributed by atoms with Crippen LogP contribution < -0.4 is 10.2 Å². The number of pyridine rings is 1. The summed E-state index contributed by atoms with van der Waals surface area (Å²) in [5, 5.41) is 3.44. The lowest BCUT2D eigenvalue weighted by molar-refractivity contribution is 0.0875. The molecule has 6 nitrogen and oxygen atoms in total. The van der Waals surface area contributed by atoms with E-state index in [1.165, 1.54) is 5.56 Å². The van der Waals surface area contributed by atoms with Crippen LogP contribution in [0.1, 0.15) is 18.4 Å². The van der Waals surface area contributed by atoms with Crippen LogP contribution in [0, 0.1) is 0 Å². The van der Waals surface area contributed by atoms with Gasteiger partial charge in [-0.3, -0.25) is 4.98 Å². The summed E-state index contributed by atoms with van der Waals surface area (Å²) in [4.78, 5) is 14.9. The Bertz CT molecular complexity index is 601. The summed E-state index contributed by atoms with van der Waals surface area (Å²) < 4.78 is 5.50. The SMILES string of the molecule is CN(CCc1ccncc1)c1cc(NC2CCCOC2)ncn1. The van der Waals surface area contributed by atoms with Gasteiger partial charge in [0.2, 0.25) is 0 Å². The average molecular weight is 313 g/mol. The van der Waals surface area contributed by atoms with Crippen molar-refractivity contribution in [2.24, 2.45) is 0 Å². The van der Waals surface area contributed by atoms with E-state index in [1.807, 2.05) is 30.6 Å². The minimum atomic E-state index is 0.341. The van der Waals surface area contributed by atoms with Gasteiger partial charge in [-0.2, -0.15) is 0 Å². The fourth-order valence-corrected chi connectivity index (χ4v) is 2.66. The Kier molecular flexibility index (Phi) is 5.37. The number of likely N-dealkylation sites (N-methyl/N-ethyl adjacent to an activating group) is 1. The summed E-state index contributed by atoms with van der Waals surface area (Å²) in [5.74, 6) is 1.79. The van der Waals surface area contributed by atoms with Crippen molar-refractivity contribution >= 4 is 11.6 Å². The number of hydrogen-bond donors (Lipinski definition) is 1. The van der Waals surface area contributed by atoms with Crippen LogP contribution in [-0.2, 0) is 11.2 Å². The molecule has 1 N–H and O–H groups in total. The third kappa shape index (κ3) is 4.63. The van der Waals surface area contributed by atoms with E-state index in [1.54, 1.807) is 6.33 Å². The molecule has 1 atom stereocenters. The lowest BCUT2D eigenvalue weighted by Crippen LogP contribution is -2.30. The lowest BCUT2D eigenvalue weighted by atomic mass is 10.1. The molecular formula is C17H23N5O. The number of nitrogens with zero attached hydrogens (tertiary/aromatic N) is 4. The van der Waals surface area contributed by atoms with Gasteiger partial charge in [-0.05, 0) is 37.0 Å². The second-order valence-corrected chi connectivity index (χ2v) is 5.85. The van der Waals surface area contributed by atoms with Crippen molar-refractivity contribution in [1.29, 1.82) is 0 Å². The molecule has 0 aliphatic carbocycles. The number of hydrogen-bond acceptors (Lipinski definition) is 6. The molecule has 1 aliphatic heterocycles. The largest absolute Gasteiger partial charge is 0.379 e. The second-order valence-electron chi connectivity index (χ2n) is 5.85. The quantitative estimate of drug-likeness (QED) is 0.881. The Labute approximate surface area is 136 Å². The maximum absolute atomic E-state index is 5.50. The van der Waals surface area contributed by atoms with Gasteiger partial charge in [-0.15, -0.1) is 0 Å². The Morgan fingerprint density at radius 2 is 2.17 bits per heavy atom. The van der Waals surface area contributed by atoms with Crippen LogP contribution in [0.25, 0.3) is 0 Å². The molecule has 0 saturated carbocycles. The highest BCUT2D eigenvalue weighted by Crippen LogP contribution is 2.16. The van der Waals surface area contributed by atoms with E-state index in [2.05, 4.69) is 32.2 Å². The van der Waals surface area contributed by atoms with E-state index in [-0.39, 0.29) is 0 Å². The minimum absolute atomic E-state index is 0.341. The molecule has 6 heteroatoms. The first-order valence-electron chi connectivity index (χ1n) is 8.07. The second kappa shape index (κ2) is 7.87. The summed E-state index contributed by atoms with van der Waals surface area (Å²) in [6.07, 6.45) is 8.45. The van der Waals surface area contributed by atoms with E-state index < -0.39 is 0 Å². The van der Waals surface area contributed by atoms with E-state index in [0.717, 1.165) is 50.7 Å². The van der Waals surface area contributed by atoms with Gasteiger partial charge in [0.1, 0.15) is 18.0 Å². The zero-order valence-corrected chi connectivity index (χ0v) is 13.5. The van der Waals surface area contributed by atoms with Gasteiger partial charge in [0.25, 0.3) is 0 Å². The maximum Gasteiger partial charge on any atom is 0.133 e. The summed E-state index contributed by atoms with van der Waals surface area (Å²) in [6.45, 7) is 2.51. The smallest absolute Gasteiger partial charge is 0.133 e. The molecule has 1 unspecified atom stereocenters. The van der Waals surface area contributed by atoms with Gasteiger partial charge < -0.3 is 15.0 Å². The molecule has 0 bridgehead atoms. The van der Waals surface area contributed by atoms with Gasteiger partial charge >= 0.3 is 0 Å². The zero-order valence-electron chi connectivity index (χ0n) is 13.5. The molecule has 0 aromatic carbocycles. The van der Waals surface area contributed by atoms with Crippen molar-refractivity contribution in [3.8, 4) is 0 Å². The molecule has 2 aromatic heterocycles. The first-order chi connectivity index (χ1) is 11.3. The summed E-state index contributed by atoms with van der Waals surface area (Å²) >= 11 is 0. The Balaban J connectivity index is 1.57. The summed E-state index contributed by atoms with van der Waals surface area (Å²) in [5.41, 5.74) is 1.28. The maximum atomic E-state index is 5.50. The van der Waals surface area contributed by atoms with Crippen LogP contribution in [0.4, 0.5) is 11.6 Å². The molecule has 3 heterocycles. The highest BCUT2D eigenvalue weighted by Gasteiger charge is 2.14. The molecule has 0 radical (unpaired) electrons. The van der Waals surface area contributed by atoms with E-state index >= 15 is 0 Å². The van der Waals surface area contributed by atoms with Gasteiger partial charge in [0, 0.05) is 38.7 Å². The Morgan fingerprint density at radius 1 is 1.30 bits per heavy atom. The van der Waals surface area contributed by atoms with Crippen LogP contribution in [0.5, 0.6) is 0 Å². The predicted octanol–water partition coefficient (Wildman–Crippen LogP) is 2.14. The first kappa shape index (κ1) is 15.7. The van der Waals surface area contributed by atoms with Gasteiger partial charge in [-0.1, -0.05) is 0 Å². The molecule has 1 fully saturated rings. The fraction of sp³-hybridized carbons (Fsp3) is 0.471. The lowest BCUT2D eigenvalue weighted by Gasteiger charge is -2.24. The molecule has 23 heavy (non-hydrogen) atoms.